The van der Waals surface area contributed by atoms with Gasteiger partial charge in [-0.2, -0.15) is 5.26 Å². The number of halogens is 1. The van der Waals surface area contributed by atoms with Crippen molar-refractivity contribution in [2.45, 2.75) is 50.4 Å². The van der Waals surface area contributed by atoms with Crippen LogP contribution >= 0.6 is 0 Å². The van der Waals surface area contributed by atoms with E-state index in [2.05, 4.69) is 29.2 Å². The minimum atomic E-state index is -0.476. The van der Waals surface area contributed by atoms with Gasteiger partial charge in [-0.15, -0.1) is 0 Å². The zero-order valence-corrected chi connectivity index (χ0v) is 17.0. The number of ether oxygens (including phenoxy) is 1. The van der Waals surface area contributed by atoms with E-state index in [4.69, 9.17) is 15.7 Å². The Balaban J connectivity index is 1.59. The molecule has 3 atom stereocenters. The number of rotatable bonds is 4. The number of nitrogens with two attached hydrogens (primary N) is 1. The zero-order valence-electron chi connectivity index (χ0n) is 17.0. The Hall–Kier alpha value is -2.52. The van der Waals surface area contributed by atoms with Crippen LogP contribution in [0.25, 0.3) is 16.7 Å². The summed E-state index contributed by atoms with van der Waals surface area (Å²) in [6.45, 7) is 2.16. The molecule has 0 aliphatic carbocycles. The van der Waals surface area contributed by atoms with E-state index in [-0.39, 0.29) is 11.6 Å². The summed E-state index contributed by atoms with van der Waals surface area (Å²) >= 11 is 0. The number of nitriles is 1. The average Bonchev–Trinajstić information content (AvgIpc) is 3.29. The Morgan fingerprint density at radius 3 is 2.80 bits per heavy atom. The van der Waals surface area contributed by atoms with Gasteiger partial charge in [0.25, 0.3) is 0 Å². The van der Waals surface area contributed by atoms with Gasteiger partial charge in [-0.1, -0.05) is 30.3 Å². The summed E-state index contributed by atoms with van der Waals surface area (Å²) in [5.41, 5.74) is 12.0. The second kappa shape index (κ2) is 7.96. The molecule has 30 heavy (non-hydrogen) atoms. The predicted molar refractivity (Wildman–Crippen MR) is 115 cm³/mol. The quantitative estimate of drug-likeness (QED) is 0.830. The third-order valence-corrected chi connectivity index (χ3v) is 6.92. The van der Waals surface area contributed by atoms with Gasteiger partial charge in [0.2, 0.25) is 0 Å². The summed E-state index contributed by atoms with van der Waals surface area (Å²) in [6.07, 6.45) is 6.48. The Labute approximate surface area is 176 Å². The average molecular weight is 404 g/mol. The van der Waals surface area contributed by atoms with Crippen molar-refractivity contribution in [2.75, 3.05) is 13.2 Å². The number of hydrogen-bond acceptors (Lipinski definition) is 4. The fourth-order valence-corrected chi connectivity index (χ4v) is 5.47. The molecule has 5 heteroatoms. The van der Waals surface area contributed by atoms with Crippen molar-refractivity contribution in [3.63, 3.8) is 0 Å². The Bertz CT molecular complexity index is 1040. The van der Waals surface area contributed by atoms with E-state index in [0.29, 0.717) is 25.3 Å². The van der Waals surface area contributed by atoms with E-state index >= 15 is 0 Å². The topological polar surface area (TPSA) is 62.3 Å². The van der Waals surface area contributed by atoms with E-state index in [9.17, 15) is 4.39 Å². The highest BCUT2D eigenvalue weighted by Crippen LogP contribution is 2.41. The Morgan fingerprint density at radius 1 is 1.23 bits per heavy atom. The van der Waals surface area contributed by atoms with Crippen molar-refractivity contribution in [3.8, 4) is 17.2 Å². The molecule has 5 rings (SSSR count). The lowest BCUT2D eigenvalue weighted by Crippen LogP contribution is -2.36. The van der Waals surface area contributed by atoms with Crippen LogP contribution in [-0.2, 0) is 11.3 Å². The lowest BCUT2D eigenvalue weighted by Gasteiger charge is -2.27. The van der Waals surface area contributed by atoms with Crippen LogP contribution in [0.2, 0.25) is 0 Å². The molecule has 2 bridgehead atoms. The molecule has 0 radical (unpaired) electrons. The van der Waals surface area contributed by atoms with E-state index in [1.54, 1.807) is 6.07 Å². The molecule has 3 heterocycles. The number of fused-ring (bicyclic) bond motifs is 2. The van der Waals surface area contributed by atoms with E-state index < -0.39 is 5.82 Å². The van der Waals surface area contributed by atoms with Crippen molar-refractivity contribution in [2.24, 2.45) is 5.73 Å². The number of nitrogens with zero attached hydrogens (tertiary/aromatic N) is 2. The van der Waals surface area contributed by atoms with Crippen molar-refractivity contribution in [1.29, 1.82) is 5.26 Å². The van der Waals surface area contributed by atoms with Gasteiger partial charge in [0.15, 0.2) is 0 Å². The van der Waals surface area contributed by atoms with Crippen LogP contribution in [-0.4, -0.2) is 36.2 Å². The molecule has 0 spiro atoms. The summed E-state index contributed by atoms with van der Waals surface area (Å²) < 4.78 is 20.0. The third kappa shape index (κ3) is 3.35. The monoisotopic (exact) mass is 403 g/mol. The first-order chi connectivity index (χ1) is 14.7. The van der Waals surface area contributed by atoms with Gasteiger partial charge in [0.05, 0.1) is 18.8 Å². The molecular weight excluding hydrogens is 377 g/mol. The third-order valence-electron chi connectivity index (χ3n) is 6.92. The van der Waals surface area contributed by atoms with Crippen molar-refractivity contribution in [3.05, 3.63) is 65.0 Å². The summed E-state index contributed by atoms with van der Waals surface area (Å²) in [7, 11) is 0. The molecule has 0 aromatic heterocycles. The molecule has 2 saturated heterocycles. The molecule has 2 aromatic rings. The van der Waals surface area contributed by atoms with Gasteiger partial charge in [-0.3, -0.25) is 4.90 Å². The van der Waals surface area contributed by atoms with Gasteiger partial charge in [-0.05, 0) is 65.6 Å². The fourth-order valence-electron chi connectivity index (χ4n) is 5.47. The van der Waals surface area contributed by atoms with Crippen LogP contribution in [0.5, 0.6) is 0 Å². The van der Waals surface area contributed by atoms with Crippen LogP contribution in [0.4, 0.5) is 4.39 Å². The van der Waals surface area contributed by atoms with Crippen molar-refractivity contribution >= 4 is 5.57 Å². The van der Waals surface area contributed by atoms with Gasteiger partial charge >= 0.3 is 0 Å². The highest BCUT2D eigenvalue weighted by Gasteiger charge is 2.44. The van der Waals surface area contributed by atoms with Gasteiger partial charge < -0.3 is 10.5 Å². The normalized spacial score (nSPS) is 25.9. The molecule has 0 unspecified atom stereocenters. The largest absolute Gasteiger partial charge is 0.377 e. The van der Waals surface area contributed by atoms with Crippen molar-refractivity contribution < 1.29 is 9.13 Å². The second-order valence-corrected chi connectivity index (χ2v) is 8.57. The molecule has 3 aliphatic rings. The first-order valence-corrected chi connectivity index (χ1v) is 10.8. The highest BCUT2D eigenvalue weighted by molar-refractivity contribution is 5.84. The van der Waals surface area contributed by atoms with Gasteiger partial charge in [0.1, 0.15) is 11.9 Å². The molecule has 2 N–H and O–H groups in total. The zero-order chi connectivity index (χ0) is 20.7. The lowest BCUT2D eigenvalue weighted by molar-refractivity contribution is 0.161. The van der Waals surface area contributed by atoms with E-state index in [1.165, 1.54) is 35.6 Å². The molecular formula is C25H26FN3O. The van der Waals surface area contributed by atoms with Crippen LogP contribution in [0.3, 0.4) is 0 Å². The van der Waals surface area contributed by atoms with Crippen LogP contribution in [0.15, 0.2) is 42.5 Å². The summed E-state index contributed by atoms with van der Waals surface area (Å²) in [6, 6.07) is 14.4. The fraction of sp³-hybridized carbons (Fsp3) is 0.400. The van der Waals surface area contributed by atoms with E-state index in [0.717, 1.165) is 30.5 Å². The lowest BCUT2D eigenvalue weighted by atomic mass is 9.87. The smallest absolute Gasteiger partial charge is 0.141 e. The van der Waals surface area contributed by atoms with Crippen LogP contribution in [0.1, 0.15) is 42.4 Å². The number of benzene rings is 2. The predicted octanol–water partition coefficient (Wildman–Crippen LogP) is 4.23. The Kier molecular flexibility index (Phi) is 5.16. The Morgan fingerprint density at radius 2 is 2.13 bits per heavy atom. The number of hydrogen-bond donors (Lipinski definition) is 1. The van der Waals surface area contributed by atoms with Gasteiger partial charge in [-0.25, -0.2) is 4.39 Å². The summed E-state index contributed by atoms with van der Waals surface area (Å²) in [5.74, 6) is -0.476. The maximum atomic E-state index is 14.4. The van der Waals surface area contributed by atoms with Crippen LogP contribution < -0.4 is 5.73 Å². The minimum absolute atomic E-state index is 0.0735. The van der Waals surface area contributed by atoms with Crippen molar-refractivity contribution in [1.82, 2.24) is 4.90 Å². The molecule has 4 nitrogen and oxygen atoms in total. The summed E-state index contributed by atoms with van der Waals surface area (Å²) in [5, 5.41) is 9.09. The van der Waals surface area contributed by atoms with E-state index in [1.807, 2.05) is 12.1 Å². The summed E-state index contributed by atoms with van der Waals surface area (Å²) in [4.78, 5) is 2.58. The first kappa shape index (κ1) is 19.4. The molecule has 154 valence electrons. The molecule has 2 aromatic carbocycles. The second-order valence-electron chi connectivity index (χ2n) is 8.57. The SMILES string of the molecule is N#Cc1ccc(-c2cccc(CN3[C@@H]4CC[C@H]3[C@@H](N)C4)c2C2=CCOCC2)cc1F. The molecule has 2 fully saturated rings. The maximum Gasteiger partial charge on any atom is 0.141 e. The van der Waals surface area contributed by atoms with Gasteiger partial charge in [0, 0.05) is 24.7 Å². The molecule has 3 aliphatic heterocycles. The van der Waals surface area contributed by atoms with Crippen LogP contribution in [0, 0.1) is 17.1 Å². The molecule has 0 saturated carbocycles. The minimum Gasteiger partial charge on any atom is -0.377 e. The maximum absolute atomic E-state index is 14.4. The highest BCUT2D eigenvalue weighted by atomic mass is 19.1. The first-order valence-electron chi connectivity index (χ1n) is 10.8. The molecule has 0 amide bonds. The standard InChI is InChI=1S/C25H26FN3O/c26-22-12-17(4-5-18(22)14-27)21-3-1-2-19(25(21)16-8-10-30-11-9-16)15-29-20-6-7-24(29)23(28)13-20/h1-5,8,12,20,23-24H,6-7,9-11,13,15,28H2/t20-,23+,24+/m1/s1.